The topological polar surface area (TPSA) is 80.8 Å². The summed E-state index contributed by atoms with van der Waals surface area (Å²) in [6.45, 7) is 1.64. The van der Waals surface area contributed by atoms with E-state index in [0.29, 0.717) is 13.0 Å². The lowest BCUT2D eigenvalue weighted by atomic mass is 10.1. The zero-order valence-electron chi connectivity index (χ0n) is 15.2. The third-order valence-corrected chi connectivity index (χ3v) is 4.45. The summed E-state index contributed by atoms with van der Waals surface area (Å²) in [5.74, 6) is -3.05. The van der Waals surface area contributed by atoms with E-state index < -0.39 is 30.1 Å². The standard InChI is InChI=1S/C21H18FNO5/c1-2-3-10-23-19(25)14-9-8-13(11-16(14)20(23)26)21(27)28-12-18(24)15-6-4-5-7-17(15)22/h4-9,11H,2-3,10,12H2,1H3. The Kier molecular flexibility index (Phi) is 5.63. The first-order chi connectivity index (χ1) is 13.4. The zero-order valence-corrected chi connectivity index (χ0v) is 15.2. The Bertz CT molecular complexity index is 969. The van der Waals surface area contributed by atoms with Crippen LogP contribution in [0.5, 0.6) is 0 Å². The Hall–Kier alpha value is -3.35. The van der Waals surface area contributed by atoms with Crippen LogP contribution in [0.15, 0.2) is 42.5 Å². The summed E-state index contributed by atoms with van der Waals surface area (Å²) in [6.07, 6.45) is 1.53. The highest BCUT2D eigenvalue weighted by Crippen LogP contribution is 2.24. The highest BCUT2D eigenvalue weighted by Gasteiger charge is 2.35. The van der Waals surface area contributed by atoms with Crippen molar-refractivity contribution in [3.63, 3.8) is 0 Å². The van der Waals surface area contributed by atoms with Crippen LogP contribution in [0, 0.1) is 5.82 Å². The molecule has 0 saturated carbocycles. The maximum absolute atomic E-state index is 13.6. The van der Waals surface area contributed by atoms with Crippen molar-refractivity contribution in [1.29, 1.82) is 0 Å². The van der Waals surface area contributed by atoms with Crippen LogP contribution in [-0.4, -0.2) is 41.6 Å². The third kappa shape index (κ3) is 3.69. The molecule has 0 radical (unpaired) electrons. The van der Waals surface area contributed by atoms with E-state index in [2.05, 4.69) is 0 Å². The molecule has 144 valence electrons. The number of imide groups is 1. The van der Waals surface area contributed by atoms with Crippen LogP contribution < -0.4 is 0 Å². The van der Waals surface area contributed by atoms with Gasteiger partial charge in [-0.1, -0.05) is 25.5 Å². The number of Topliss-reactive ketones (excluding diaryl/α,β-unsaturated/α-hetero) is 1. The number of halogens is 1. The van der Waals surface area contributed by atoms with E-state index in [1.54, 1.807) is 0 Å². The maximum atomic E-state index is 13.6. The van der Waals surface area contributed by atoms with E-state index in [1.165, 1.54) is 36.4 Å². The van der Waals surface area contributed by atoms with Gasteiger partial charge in [0.05, 0.1) is 22.3 Å². The number of benzene rings is 2. The molecule has 0 unspecified atom stereocenters. The smallest absolute Gasteiger partial charge is 0.338 e. The molecule has 7 heteroatoms. The molecule has 1 aliphatic rings. The highest BCUT2D eigenvalue weighted by molar-refractivity contribution is 6.22. The summed E-state index contributed by atoms with van der Waals surface area (Å²) in [7, 11) is 0. The van der Waals surface area contributed by atoms with Gasteiger partial charge in [0.25, 0.3) is 11.8 Å². The first-order valence-electron chi connectivity index (χ1n) is 8.89. The van der Waals surface area contributed by atoms with Gasteiger partial charge >= 0.3 is 5.97 Å². The van der Waals surface area contributed by atoms with Gasteiger partial charge in [-0.15, -0.1) is 0 Å². The fourth-order valence-corrected chi connectivity index (χ4v) is 2.92. The molecule has 0 fully saturated rings. The molecule has 0 aliphatic carbocycles. The SMILES string of the molecule is CCCCN1C(=O)c2ccc(C(=O)OCC(=O)c3ccccc3F)cc2C1=O. The Morgan fingerprint density at radius 3 is 2.46 bits per heavy atom. The second kappa shape index (κ2) is 8.12. The van der Waals surface area contributed by atoms with Crippen LogP contribution in [-0.2, 0) is 4.74 Å². The normalized spacial score (nSPS) is 12.9. The Morgan fingerprint density at radius 2 is 1.75 bits per heavy atom. The average molecular weight is 383 g/mol. The van der Waals surface area contributed by atoms with Crippen molar-refractivity contribution in [2.45, 2.75) is 19.8 Å². The predicted octanol–water partition coefficient (Wildman–Crippen LogP) is 3.26. The maximum Gasteiger partial charge on any atom is 0.338 e. The Balaban J connectivity index is 1.71. The summed E-state index contributed by atoms with van der Waals surface area (Å²) in [5, 5.41) is 0. The van der Waals surface area contributed by atoms with E-state index in [-0.39, 0.29) is 28.2 Å². The van der Waals surface area contributed by atoms with Crippen molar-refractivity contribution in [1.82, 2.24) is 4.90 Å². The van der Waals surface area contributed by atoms with Crippen molar-refractivity contribution in [3.8, 4) is 0 Å². The van der Waals surface area contributed by atoms with E-state index in [0.717, 1.165) is 17.4 Å². The van der Waals surface area contributed by atoms with Crippen LogP contribution in [0.1, 0.15) is 61.2 Å². The van der Waals surface area contributed by atoms with Crippen molar-refractivity contribution in [2.24, 2.45) is 0 Å². The number of unbranched alkanes of at least 4 members (excludes halogenated alkanes) is 1. The van der Waals surface area contributed by atoms with E-state index in [4.69, 9.17) is 4.74 Å². The quantitative estimate of drug-likeness (QED) is 0.416. The van der Waals surface area contributed by atoms with Crippen molar-refractivity contribution < 1.29 is 28.3 Å². The molecule has 0 spiro atoms. The van der Waals surface area contributed by atoms with Gasteiger partial charge in [0, 0.05) is 6.54 Å². The lowest BCUT2D eigenvalue weighted by Gasteiger charge is -2.12. The number of ketones is 1. The molecular weight excluding hydrogens is 365 g/mol. The fourth-order valence-electron chi connectivity index (χ4n) is 2.92. The van der Waals surface area contributed by atoms with Crippen LogP contribution in [0.2, 0.25) is 0 Å². The van der Waals surface area contributed by atoms with Crippen molar-refractivity contribution >= 4 is 23.6 Å². The van der Waals surface area contributed by atoms with Gasteiger partial charge in [0.15, 0.2) is 6.61 Å². The molecule has 1 heterocycles. The molecule has 2 aromatic carbocycles. The van der Waals surface area contributed by atoms with Gasteiger partial charge < -0.3 is 4.74 Å². The van der Waals surface area contributed by atoms with Crippen LogP contribution in [0.3, 0.4) is 0 Å². The average Bonchev–Trinajstić information content (AvgIpc) is 2.94. The summed E-state index contributed by atoms with van der Waals surface area (Å²) in [4.78, 5) is 50.1. The number of carbonyl (C=O) groups is 4. The van der Waals surface area contributed by atoms with Crippen LogP contribution in [0.4, 0.5) is 4.39 Å². The second-order valence-corrected chi connectivity index (χ2v) is 6.36. The first kappa shape index (κ1) is 19.4. The molecule has 0 atom stereocenters. The lowest BCUT2D eigenvalue weighted by Crippen LogP contribution is -2.30. The number of esters is 1. The predicted molar refractivity (Wildman–Crippen MR) is 97.7 cm³/mol. The number of carbonyl (C=O) groups excluding carboxylic acids is 4. The summed E-state index contributed by atoms with van der Waals surface area (Å²) >= 11 is 0. The number of rotatable bonds is 7. The Labute approximate surface area is 160 Å². The van der Waals surface area contributed by atoms with Crippen molar-refractivity contribution in [3.05, 3.63) is 70.5 Å². The van der Waals surface area contributed by atoms with E-state index in [1.807, 2.05) is 6.92 Å². The minimum absolute atomic E-state index is 0.0403. The Morgan fingerprint density at radius 1 is 1.04 bits per heavy atom. The van der Waals surface area contributed by atoms with Gasteiger partial charge in [-0.05, 0) is 36.8 Å². The minimum atomic E-state index is -0.834. The minimum Gasteiger partial charge on any atom is -0.454 e. The molecule has 6 nitrogen and oxygen atoms in total. The first-order valence-corrected chi connectivity index (χ1v) is 8.89. The van der Waals surface area contributed by atoms with Gasteiger partial charge in [-0.3, -0.25) is 19.3 Å². The van der Waals surface area contributed by atoms with Crippen molar-refractivity contribution in [2.75, 3.05) is 13.2 Å². The number of hydrogen-bond acceptors (Lipinski definition) is 5. The summed E-state index contributed by atoms with van der Waals surface area (Å²) in [5.41, 5.74) is 0.242. The number of hydrogen-bond donors (Lipinski definition) is 0. The molecule has 28 heavy (non-hydrogen) atoms. The van der Waals surface area contributed by atoms with Gasteiger partial charge in [0.1, 0.15) is 5.82 Å². The van der Waals surface area contributed by atoms with Gasteiger partial charge in [0.2, 0.25) is 5.78 Å². The van der Waals surface area contributed by atoms with Gasteiger partial charge in [-0.25, -0.2) is 9.18 Å². The largest absolute Gasteiger partial charge is 0.454 e. The molecule has 0 N–H and O–H groups in total. The second-order valence-electron chi connectivity index (χ2n) is 6.36. The molecule has 2 aromatic rings. The van der Waals surface area contributed by atoms with Gasteiger partial charge in [-0.2, -0.15) is 0 Å². The van der Waals surface area contributed by atoms with E-state index in [9.17, 15) is 23.6 Å². The van der Waals surface area contributed by atoms with Crippen LogP contribution in [0.25, 0.3) is 0 Å². The molecule has 3 rings (SSSR count). The fraction of sp³-hybridized carbons (Fsp3) is 0.238. The number of fused-ring (bicyclic) bond motifs is 1. The van der Waals surface area contributed by atoms with Crippen LogP contribution >= 0.6 is 0 Å². The number of nitrogens with zero attached hydrogens (tertiary/aromatic N) is 1. The molecule has 0 bridgehead atoms. The molecule has 1 aliphatic heterocycles. The van der Waals surface area contributed by atoms with E-state index >= 15 is 0 Å². The highest BCUT2D eigenvalue weighted by atomic mass is 19.1. The summed E-state index contributed by atoms with van der Waals surface area (Å²) < 4.78 is 18.6. The number of ether oxygens (including phenoxy) is 1. The molecule has 0 saturated heterocycles. The summed E-state index contributed by atoms with van der Waals surface area (Å²) in [6, 6.07) is 9.45. The molecular formula is C21H18FNO5. The number of amides is 2. The monoisotopic (exact) mass is 383 g/mol. The zero-order chi connectivity index (χ0) is 20.3. The molecule has 2 amide bonds. The lowest BCUT2D eigenvalue weighted by molar-refractivity contribution is 0.0473. The third-order valence-electron chi connectivity index (χ3n) is 4.45. The molecule has 0 aromatic heterocycles.